The molecule has 2 aromatic rings. The van der Waals surface area contributed by atoms with E-state index in [2.05, 4.69) is 11.4 Å². The van der Waals surface area contributed by atoms with Crippen molar-refractivity contribution in [1.82, 2.24) is 0 Å². The molecule has 3 heteroatoms. The van der Waals surface area contributed by atoms with E-state index in [1.54, 1.807) is 17.4 Å². The van der Waals surface area contributed by atoms with Crippen molar-refractivity contribution >= 4 is 17.6 Å². The number of carbonyl (C=O) groups is 1. The van der Waals surface area contributed by atoms with Gasteiger partial charge < -0.3 is 4.74 Å². The van der Waals surface area contributed by atoms with Crippen molar-refractivity contribution in [2.45, 2.75) is 6.92 Å². The van der Waals surface area contributed by atoms with E-state index in [1.165, 1.54) is 0 Å². The standard InChI is InChI=1S/C13H12O2S/c1-2-15-13-7-10(3-4-11(13)8-14)12-5-6-16-9-12/h3-9H,2H2,1H3. The Balaban J connectivity index is 2.42. The van der Waals surface area contributed by atoms with Crippen molar-refractivity contribution in [2.75, 3.05) is 6.61 Å². The van der Waals surface area contributed by atoms with Crippen molar-refractivity contribution < 1.29 is 9.53 Å². The molecule has 0 amide bonds. The molecule has 1 aromatic carbocycles. The number of thiophene rings is 1. The summed E-state index contributed by atoms with van der Waals surface area (Å²) >= 11 is 1.65. The molecule has 0 atom stereocenters. The van der Waals surface area contributed by atoms with E-state index in [4.69, 9.17) is 4.74 Å². The number of hydrogen-bond acceptors (Lipinski definition) is 3. The third kappa shape index (κ3) is 2.14. The summed E-state index contributed by atoms with van der Waals surface area (Å²) in [6.45, 7) is 2.47. The summed E-state index contributed by atoms with van der Waals surface area (Å²) in [5.74, 6) is 0.654. The fraction of sp³-hybridized carbons (Fsp3) is 0.154. The van der Waals surface area contributed by atoms with E-state index in [-0.39, 0.29) is 0 Å². The summed E-state index contributed by atoms with van der Waals surface area (Å²) in [5, 5.41) is 4.11. The zero-order valence-electron chi connectivity index (χ0n) is 8.97. The third-order valence-corrected chi connectivity index (χ3v) is 2.98. The van der Waals surface area contributed by atoms with Crippen LogP contribution in [0.3, 0.4) is 0 Å². The molecule has 2 rings (SSSR count). The van der Waals surface area contributed by atoms with Gasteiger partial charge >= 0.3 is 0 Å². The number of carbonyl (C=O) groups excluding carboxylic acids is 1. The van der Waals surface area contributed by atoms with E-state index in [0.29, 0.717) is 17.9 Å². The Labute approximate surface area is 98.5 Å². The summed E-state index contributed by atoms with van der Waals surface area (Å²) < 4.78 is 5.44. The van der Waals surface area contributed by atoms with E-state index in [1.807, 2.05) is 24.4 Å². The van der Waals surface area contributed by atoms with Crippen LogP contribution < -0.4 is 4.74 Å². The molecule has 16 heavy (non-hydrogen) atoms. The Kier molecular flexibility index (Phi) is 3.37. The number of hydrogen-bond donors (Lipinski definition) is 0. The van der Waals surface area contributed by atoms with Crippen LogP contribution in [-0.4, -0.2) is 12.9 Å². The van der Waals surface area contributed by atoms with Crippen LogP contribution in [0.2, 0.25) is 0 Å². The van der Waals surface area contributed by atoms with Gasteiger partial charge in [-0.1, -0.05) is 6.07 Å². The van der Waals surface area contributed by atoms with Gasteiger partial charge in [0.2, 0.25) is 0 Å². The van der Waals surface area contributed by atoms with E-state index in [0.717, 1.165) is 17.4 Å². The lowest BCUT2D eigenvalue weighted by molar-refractivity contribution is 0.112. The number of benzene rings is 1. The average molecular weight is 232 g/mol. The van der Waals surface area contributed by atoms with Crippen LogP contribution in [-0.2, 0) is 0 Å². The normalized spacial score (nSPS) is 10.1. The predicted molar refractivity (Wildman–Crippen MR) is 66.3 cm³/mol. The molecule has 0 unspecified atom stereocenters. The van der Waals surface area contributed by atoms with Gasteiger partial charge in [0.1, 0.15) is 5.75 Å². The van der Waals surface area contributed by atoms with Crippen LogP contribution in [0.4, 0.5) is 0 Å². The minimum absolute atomic E-state index is 0.563. The average Bonchev–Trinajstić information content (AvgIpc) is 2.83. The molecule has 0 radical (unpaired) electrons. The van der Waals surface area contributed by atoms with Crippen LogP contribution in [0.25, 0.3) is 11.1 Å². The highest BCUT2D eigenvalue weighted by atomic mass is 32.1. The first-order valence-corrected chi connectivity index (χ1v) is 6.04. The molecule has 0 saturated heterocycles. The number of aldehydes is 1. The van der Waals surface area contributed by atoms with Gasteiger partial charge in [0.15, 0.2) is 6.29 Å². The van der Waals surface area contributed by atoms with Gasteiger partial charge in [0.25, 0.3) is 0 Å². The Hall–Kier alpha value is -1.61. The van der Waals surface area contributed by atoms with E-state index < -0.39 is 0 Å². The molecule has 0 aliphatic heterocycles. The molecule has 0 spiro atoms. The second-order valence-electron chi connectivity index (χ2n) is 3.32. The number of rotatable bonds is 4. The van der Waals surface area contributed by atoms with Crippen LogP contribution in [0.15, 0.2) is 35.0 Å². The second kappa shape index (κ2) is 4.94. The van der Waals surface area contributed by atoms with Crippen LogP contribution in [0.5, 0.6) is 5.75 Å². The highest BCUT2D eigenvalue weighted by Gasteiger charge is 2.05. The topological polar surface area (TPSA) is 26.3 Å². The maximum atomic E-state index is 10.8. The molecule has 0 bridgehead atoms. The lowest BCUT2D eigenvalue weighted by atomic mass is 10.1. The summed E-state index contributed by atoms with van der Waals surface area (Å²) in [6, 6.07) is 7.70. The molecule has 0 N–H and O–H groups in total. The lowest BCUT2D eigenvalue weighted by Crippen LogP contribution is -1.96. The van der Waals surface area contributed by atoms with Crippen molar-refractivity contribution in [3.8, 4) is 16.9 Å². The van der Waals surface area contributed by atoms with Crippen LogP contribution >= 0.6 is 11.3 Å². The molecule has 82 valence electrons. The molecule has 0 fully saturated rings. The quantitative estimate of drug-likeness (QED) is 0.752. The smallest absolute Gasteiger partial charge is 0.153 e. The maximum absolute atomic E-state index is 10.8. The Morgan fingerprint density at radius 1 is 1.31 bits per heavy atom. The summed E-state index contributed by atoms with van der Waals surface area (Å²) in [6.07, 6.45) is 0.822. The third-order valence-electron chi connectivity index (χ3n) is 2.29. The molecule has 1 heterocycles. The first kappa shape index (κ1) is 10.9. The lowest BCUT2D eigenvalue weighted by Gasteiger charge is -2.07. The first-order chi connectivity index (χ1) is 7.85. The van der Waals surface area contributed by atoms with E-state index >= 15 is 0 Å². The van der Waals surface area contributed by atoms with Crippen molar-refractivity contribution in [3.63, 3.8) is 0 Å². The van der Waals surface area contributed by atoms with Crippen LogP contribution in [0, 0.1) is 0 Å². The van der Waals surface area contributed by atoms with Gasteiger partial charge in [-0.05, 0) is 47.0 Å². The first-order valence-electron chi connectivity index (χ1n) is 5.09. The summed E-state index contributed by atoms with van der Waals surface area (Å²) in [5.41, 5.74) is 2.83. The van der Waals surface area contributed by atoms with E-state index in [9.17, 15) is 4.79 Å². The maximum Gasteiger partial charge on any atom is 0.153 e. The predicted octanol–water partition coefficient (Wildman–Crippen LogP) is 3.63. The Morgan fingerprint density at radius 3 is 2.81 bits per heavy atom. The van der Waals surface area contributed by atoms with Gasteiger partial charge in [-0.2, -0.15) is 11.3 Å². The van der Waals surface area contributed by atoms with Crippen LogP contribution in [0.1, 0.15) is 17.3 Å². The SMILES string of the molecule is CCOc1cc(-c2ccsc2)ccc1C=O. The Morgan fingerprint density at radius 2 is 2.19 bits per heavy atom. The molecular weight excluding hydrogens is 220 g/mol. The Bertz CT molecular complexity index is 475. The molecule has 0 aliphatic carbocycles. The molecule has 2 nitrogen and oxygen atoms in total. The molecule has 1 aromatic heterocycles. The van der Waals surface area contributed by atoms with Crippen molar-refractivity contribution in [3.05, 3.63) is 40.6 Å². The minimum Gasteiger partial charge on any atom is -0.493 e. The highest BCUT2D eigenvalue weighted by Crippen LogP contribution is 2.28. The fourth-order valence-electron chi connectivity index (χ4n) is 1.52. The minimum atomic E-state index is 0.563. The van der Waals surface area contributed by atoms with Crippen molar-refractivity contribution in [1.29, 1.82) is 0 Å². The molecule has 0 saturated carbocycles. The molecule has 0 aliphatic rings. The van der Waals surface area contributed by atoms with Gasteiger partial charge in [-0.25, -0.2) is 0 Å². The van der Waals surface area contributed by atoms with Gasteiger partial charge in [-0.15, -0.1) is 0 Å². The summed E-state index contributed by atoms with van der Waals surface area (Å²) in [4.78, 5) is 10.8. The zero-order chi connectivity index (χ0) is 11.4. The molecular formula is C13H12O2S. The number of ether oxygens (including phenoxy) is 1. The van der Waals surface area contributed by atoms with Crippen molar-refractivity contribution in [2.24, 2.45) is 0 Å². The zero-order valence-corrected chi connectivity index (χ0v) is 9.79. The largest absolute Gasteiger partial charge is 0.493 e. The van der Waals surface area contributed by atoms with Gasteiger partial charge in [0, 0.05) is 0 Å². The fourth-order valence-corrected chi connectivity index (χ4v) is 2.19. The highest BCUT2D eigenvalue weighted by molar-refractivity contribution is 7.08. The summed E-state index contributed by atoms with van der Waals surface area (Å²) in [7, 11) is 0. The van der Waals surface area contributed by atoms with Gasteiger partial charge in [-0.3, -0.25) is 4.79 Å². The monoisotopic (exact) mass is 232 g/mol. The second-order valence-corrected chi connectivity index (χ2v) is 4.10. The van der Waals surface area contributed by atoms with Gasteiger partial charge in [0.05, 0.1) is 12.2 Å².